The van der Waals surface area contributed by atoms with Gasteiger partial charge in [-0.2, -0.15) is 0 Å². The largest absolute Gasteiger partial charge is 0.477 e. The number of pyridine rings is 1. The molecule has 0 bridgehead atoms. The molecule has 0 saturated carbocycles. The number of hydrogen-bond acceptors (Lipinski definition) is 5. The standard InChI is InChI=1S/C14H19N3O4/c1-2-10-4-3-8-16(9-7-10)13-12(17(20)21)6-5-11(15-13)14(18)19/h5-6,10H,2-4,7-9H2,1H3,(H,18,19). The van der Waals surface area contributed by atoms with Gasteiger partial charge in [0.05, 0.1) is 4.92 Å². The highest BCUT2D eigenvalue weighted by Gasteiger charge is 2.25. The minimum atomic E-state index is -1.17. The van der Waals surface area contributed by atoms with Crippen LogP contribution < -0.4 is 4.90 Å². The van der Waals surface area contributed by atoms with Gasteiger partial charge < -0.3 is 10.0 Å². The van der Waals surface area contributed by atoms with Gasteiger partial charge in [-0.1, -0.05) is 13.3 Å². The summed E-state index contributed by atoms with van der Waals surface area (Å²) in [5.74, 6) is -0.374. The van der Waals surface area contributed by atoms with Gasteiger partial charge in [-0.05, 0) is 31.2 Å². The molecular formula is C14H19N3O4. The van der Waals surface area contributed by atoms with Gasteiger partial charge >= 0.3 is 11.7 Å². The molecule has 1 aliphatic heterocycles. The molecule has 7 nitrogen and oxygen atoms in total. The van der Waals surface area contributed by atoms with Crippen LogP contribution >= 0.6 is 0 Å². The lowest BCUT2D eigenvalue weighted by molar-refractivity contribution is -0.384. The predicted molar refractivity (Wildman–Crippen MR) is 77.7 cm³/mol. The van der Waals surface area contributed by atoms with Gasteiger partial charge in [-0.15, -0.1) is 0 Å². The number of hydrogen-bond donors (Lipinski definition) is 1. The van der Waals surface area contributed by atoms with E-state index in [9.17, 15) is 14.9 Å². The summed E-state index contributed by atoms with van der Waals surface area (Å²) < 4.78 is 0. The first kappa shape index (κ1) is 15.2. The van der Waals surface area contributed by atoms with Crippen molar-refractivity contribution in [3.8, 4) is 0 Å². The molecule has 0 amide bonds. The van der Waals surface area contributed by atoms with E-state index in [0.717, 1.165) is 25.7 Å². The lowest BCUT2D eigenvalue weighted by Crippen LogP contribution is -2.26. The molecule has 0 radical (unpaired) electrons. The fourth-order valence-corrected chi connectivity index (χ4v) is 2.72. The van der Waals surface area contributed by atoms with E-state index < -0.39 is 10.9 Å². The maximum atomic E-state index is 11.1. The summed E-state index contributed by atoms with van der Waals surface area (Å²) in [6, 6.07) is 2.41. The van der Waals surface area contributed by atoms with E-state index in [-0.39, 0.29) is 17.2 Å². The molecule has 0 aromatic carbocycles. The second-order valence-electron chi connectivity index (χ2n) is 5.29. The Kier molecular flexibility index (Phi) is 4.72. The average Bonchev–Trinajstić information content (AvgIpc) is 2.71. The van der Waals surface area contributed by atoms with Crippen LogP contribution in [0.3, 0.4) is 0 Å². The number of rotatable bonds is 4. The van der Waals surface area contributed by atoms with E-state index in [0.29, 0.717) is 19.0 Å². The number of carboxylic acids is 1. The molecule has 1 aromatic heterocycles. The number of carboxylic acid groups (broad SMARTS) is 1. The van der Waals surface area contributed by atoms with Crippen molar-refractivity contribution in [1.82, 2.24) is 4.98 Å². The second kappa shape index (κ2) is 6.51. The smallest absolute Gasteiger partial charge is 0.354 e. The molecular weight excluding hydrogens is 274 g/mol. The first-order valence-electron chi connectivity index (χ1n) is 7.16. The molecule has 1 saturated heterocycles. The van der Waals surface area contributed by atoms with Gasteiger partial charge in [-0.3, -0.25) is 10.1 Å². The highest BCUT2D eigenvalue weighted by Crippen LogP contribution is 2.30. The lowest BCUT2D eigenvalue weighted by atomic mass is 9.98. The van der Waals surface area contributed by atoms with Crippen molar-refractivity contribution in [3.05, 3.63) is 27.9 Å². The van der Waals surface area contributed by atoms with Crippen LogP contribution in [0.15, 0.2) is 12.1 Å². The van der Waals surface area contributed by atoms with Crippen LogP contribution in [0.1, 0.15) is 43.1 Å². The monoisotopic (exact) mass is 293 g/mol. The van der Waals surface area contributed by atoms with Crippen LogP contribution in [-0.4, -0.2) is 34.1 Å². The third kappa shape index (κ3) is 3.48. The van der Waals surface area contributed by atoms with Crippen molar-refractivity contribution < 1.29 is 14.8 Å². The molecule has 0 spiro atoms. The minimum absolute atomic E-state index is 0.130. The Morgan fingerprint density at radius 1 is 1.48 bits per heavy atom. The summed E-state index contributed by atoms with van der Waals surface area (Å²) in [6.45, 7) is 3.49. The minimum Gasteiger partial charge on any atom is -0.477 e. The van der Waals surface area contributed by atoms with E-state index in [1.807, 2.05) is 4.90 Å². The van der Waals surface area contributed by atoms with Gasteiger partial charge in [0.15, 0.2) is 5.69 Å². The molecule has 2 heterocycles. The average molecular weight is 293 g/mol. The summed E-state index contributed by atoms with van der Waals surface area (Å²) in [7, 11) is 0. The van der Waals surface area contributed by atoms with Crippen LogP contribution in [0, 0.1) is 16.0 Å². The van der Waals surface area contributed by atoms with Gasteiger partial charge in [-0.25, -0.2) is 9.78 Å². The lowest BCUT2D eigenvalue weighted by Gasteiger charge is -2.21. The van der Waals surface area contributed by atoms with E-state index >= 15 is 0 Å². The maximum absolute atomic E-state index is 11.1. The van der Waals surface area contributed by atoms with Crippen LogP contribution in [0.25, 0.3) is 0 Å². The zero-order chi connectivity index (χ0) is 15.4. The van der Waals surface area contributed by atoms with Gasteiger partial charge in [0, 0.05) is 19.2 Å². The number of nitro groups is 1. The quantitative estimate of drug-likeness (QED) is 0.677. The van der Waals surface area contributed by atoms with Crippen molar-refractivity contribution in [1.29, 1.82) is 0 Å². The van der Waals surface area contributed by atoms with Crippen LogP contribution in [0.4, 0.5) is 11.5 Å². The van der Waals surface area contributed by atoms with Gasteiger partial charge in [0.1, 0.15) is 0 Å². The molecule has 114 valence electrons. The third-order valence-electron chi connectivity index (χ3n) is 3.99. The molecule has 1 atom stereocenters. The number of nitrogens with zero attached hydrogens (tertiary/aromatic N) is 3. The highest BCUT2D eigenvalue weighted by molar-refractivity contribution is 5.86. The van der Waals surface area contributed by atoms with Crippen molar-refractivity contribution in [2.24, 2.45) is 5.92 Å². The number of carbonyl (C=O) groups is 1. The molecule has 1 unspecified atom stereocenters. The predicted octanol–water partition coefficient (Wildman–Crippen LogP) is 2.70. The van der Waals surface area contributed by atoms with Crippen LogP contribution in [0.2, 0.25) is 0 Å². The normalized spacial score (nSPS) is 19.1. The number of aromatic carboxylic acids is 1. The topological polar surface area (TPSA) is 96.6 Å². The van der Waals surface area contributed by atoms with E-state index in [1.165, 1.54) is 12.1 Å². The van der Waals surface area contributed by atoms with Gasteiger partial charge in [0.25, 0.3) is 0 Å². The van der Waals surface area contributed by atoms with Crippen molar-refractivity contribution in [2.75, 3.05) is 18.0 Å². The Labute approximate surface area is 122 Å². The molecule has 0 aliphatic carbocycles. The van der Waals surface area contributed by atoms with E-state index in [1.54, 1.807) is 0 Å². The summed E-state index contributed by atoms with van der Waals surface area (Å²) in [6.07, 6.45) is 4.08. The summed E-state index contributed by atoms with van der Waals surface area (Å²) in [5, 5.41) is 20.2. The van der Waals surface area contributed by atoms with Crippen molar-refractivity contribution in [3.63, 3.8) is 0 Å². The molecule has 7 heteroatoms. The number of anilines is 1. The first-order valence-corrected chi connectivity index (χ1v) is 7.16. The van der Waals surface area contributed by atoms with Crippen molar-refractivity contribution in [2.45, 2.75) is 32.6 Å². The Morgan fingerprint density at radius 2 is 2.24 bits per heavy atom. The molecule has 2 rings (SSSR count). The third-order valence-corrected chi connectivity index (χ3v) is 3.99. The Balaban J connectivity index is 2.33. The first-order chi connectivity index (χ1) is 10.0. The van der Waals surface area contributed by atoms with Gasteiger partial charge in [0.2, 0.25) is 5.82 Å². The molecule has 1 fully saturated rings. The zero-order valence-corrected chi connectivity index (χ0v) is 12.0. The number of aromatic nitrogens is 1. The SMILES string of the molecule is CCC1CCCN(c2nc(C(=O)O)ccc2[N+](=O)[O-])CC1. The Morgan fingerprint density at radius 3 is 2.86 bits per heavy atom. The zero-order valence-electron chi connectivity index (χ0n) is 12.0. The summed E-state index contributed by atoms with van der Waals surface area (Å²) >= 11 is 0. The molecule has 1 N–H and O–H groups in total. The maximum Gasteiger partial charge on any atom is 0.354 e. The summed E-state index contributed by atoms with van der Waals surface area (Å²) in [5.41, 5.74) is -0.290. The fourth-order valence-electron chi connectivity index (χ4n) is 2.72. The van der Waals surface area contributed by atoms with Crippen LogP contribution in [-0.2, 0) is 0 Å². The van der Waals surface area contributed by atoms with Crippen LogP contribution in [0.5, 0.6) is 0 Å². The molecule has 1 aromatic rings. The fraction of sp³-hybridized carbons (Fsp3) is 0.571. The van der Waals surface area contributed by atoms with E-state index in [4.69, 9.17) is 5.11 Å². The van der Waals surface area contributed by atoms with E-state index in [2.05, 4.69) is 11.9 Å². The molecule has 1 aliphatic rings. The highest BCUT2D eigenvalue weighted by atomic mass is 16.6. The summed E-state index contributed by atoms with van der Waals surface area (Å²) in [4.78, 5) is 27.5. The van der Waals surface area contributed by atoms with Crippen molar-refractivity contribution >= 4 is 17.5 Å². The Bertz CT molecular complexity index is 547. The molecule has 21 heavy (non-hydrogen) atoms. The Hall–Kier alpha value is -2.18. The second-order valence-corrected chi connectivity index (χ2v) is 5.29.